The lowest BCUT2D eigenvalue weighted by atomic mass is 10.1. The molecular formula is C19H28Br2O5Si. The summed E-state index contributed by atoms with van der Waals surface area (Å²) in [7, 11) is 0.212. The van der Waals surface area contributed by atoms with Crippen molar-refractivity contribution in [3.8, 4) is 5.75 Å². The molecular weight excluding hydrogens is 496 g/mol. The van der Waals surface area contributed by atoms with Gasteiger partial charge in [0, 0.05) is 13.6 Å². The highest BCUT2D eigenvalue weighted by molar-refractivity contribution is 9.10. The van der Waals surface area contributed by atoms with Crippen LogP contribution >= 0.6 is 31.9 Å². The third-order valence-electron chi connectivity index (χ3n) is 3.48. The summed E-state index contributed by atoms with van der Waals surface area (Å²) >= 11 is 6.78. The first-order valence-electron chi connectivity index (χ1n) is 8.66. The molecule has 0 radical (unpaired) electrons. The molecule has 0 amide bonds. The number of alkyl halides is 1. The van der Waals surface area contributed by atoms with Gasteiger partial charge in [-0.15, -0.1) is 0 Å². The molecule has 8 heteroatoms. The van der Waals surface area contributed by atoms with Crippen molar-refractivity contribution in [1.82, 2.24) is 0 Å². The second-order valence-electron chi connectivity index (χ2n) is 8.42. The molecule has 1 rings (SSSR count). The van der Waals surface area contributed by atoms with Gasteiger partial charge in [-0.3, -0.25) is 4.79 Å². The summed E-state index contributed by atoms with van der Waals surface area (Å²) in [5, 5.41) is 0. The quantitative estimate of drug-likeness (QED) is 0.259. The zero-order valence-electron chi connectivity index (χ0n) is 16.9. The van der Waals surface area contributed by atoms with Gasteiger partial charge in [0.25, 0.3) is 0 Å². The van der Waals surface area contributed by atoms with Gasteiger partial charge in [0.1, 0.15) is 16.2 Å². The molecule has 0 saturated heterocycles. The number of carbonyl (C=O) groups excluding carboxylic acids is 2. The van der Waals surface area contributed by atoms with E-state index in [1.54, 1.807) is 32.9 Å². The minimum absolute atomic E-state index is 0.348. The fourth-order valence-corrected chi connectivity index (χ4v) is 3.94. The number of esters is 2. The Labute approximate surface area is 179 Å². The third kappa shape index (κ3) is 7.95. The van der Waals surface area contributed by atoms with Crippen molar-refractivity contribution >= 4 is 51.9 Å². The van der Waals surface area contributed by atoms with E-state index in [0.717, 1.165) is 6.04 Å². The van der Waals surface area contributed by atoms with Crippen LogP contribution in [0.5, 0.6) is 5.75 Å². The summed E-state index contributed by atoms with van der Waals surface area (Å²) in [5.41, 5.74) is 0.223. The number of hydrogen-bond acceptors (Lipinski definition) is 5. The van der Waals surface area contributed by atoms with Gasteiger partial charge in [-0.2, -0.15) is 0 Å². The average Bonchev–Trinajstić information content (AvgIpc) is 2.50. The Balaban J connectivity index is 3.10. The zero-order valence-corrected chi connectivity index (χ0v) is 21.1. The Bertz CT molecular complexity index is 693. The van der Waals surface area contributed by atoms with E-state index in [1.807, 2.05) is 0 Å². The molecule has 0 spiro atoms. The first kappa shape index (κ1) is 24.2. The molecule has 0 aromatic heterocycles. The molecule has 0 N–H and O–H groups in total. The van der Waals surface area contributed by atoms with Gasteiger partial charge >= 0.3 is 11.9 Å². The van der Waals surface area contributed by atoms with Crippen LogP contribution in [0, 0.1) is 0 Å². The second kappa shape index (κ2) is 9.56. The lowest BCUT2D eigenvalue weighted by molar-refractivity contribution is -0.154. The lowest BCUT2D eigenvalue weighted by Crippen LogP contribution is -2.26. The summed E-state index contributed by atoms with van der Waals surface area (Å²) in [6.07, 6.45) is 0. The first-order chi connectivity index (χ1) is 12.2. The predicted molar refractivity (Wildman–Crippen MR) is 117 cm³/mol. The highest BCUT2D eigenvalue weighted by Gasteiger charge is 2.29. The maximum Gasteiger partial charge on any atom is 0.338 e. The third-order valence-corrected chi connectivity index (χ3v) is 6.64. The van der Waals surface area contributed by atoms with Crippen LogP contribution < -0.4 is 4.74 Å². The summed E-state index contributed by atoms with van der Waals surface area (Å²) in [6, 6.07) is 4.12. The van der Waals surface area contributed by atoms with Crippen LogP contribution in [0.2, 0.25) is 25.7 Å². The van der Waals surface area contributed by atoms with Crippen LogP contribution in [0.1, 0.15) is 41.5 Å². The Morgan fingerprint density at radius 2 is 1.78 bits per heavy atom. The molecule has 0 bridgehead atoms. The topological polar surface area (TPSA) is 61.8 Å². The van der Waals surface area contributed by atoms with Crippen molar-refractivity contribution in [1.29, 1.82) is 0 Å². The monoisotopic (exact) mass is 522 g/mol. The highest BCUT2D eigenvalue weighted by Crippen LogP contribution is 2.39. The van der Waals surface area contributed by atoms with E-state index in [0.29, 0.717) is 28.0 Å². The first-order valence-corrected chi connectivity index (χ1v) is 14.1. The van der Waals surface area contributed by atoms with E-state index in [-0.39, 0.29) is 0 Å². The van der Waals surface area contributed by atoms with Gasteiger partial charge in [0.05, 0.1) is 23.8 Å². The molecule has 0 aliphatic carbocycles. The fourth-order valence-electron chi connectivity index (χ4n) is 2.15. The molecule has 0 fully saturated rings. The van der Waals surface area contributed by atoms with E-state index in [4.69, 9.17) is 14.2 Å². The summed E-state index contributed by atoms with van der Waals surface area (Å²) in [5.74, 6) is -0.430. The van der Waals surface area contributed by atoms with Crippen LogP contribution in [0.4, 0.5) is 0 Å². The van der Waals surface area contributed by atoms with Gasteiger partial charge in [-0.1, -0.05) is 35.6 Å². The highest BCUT2D eigenvalue weighted by atomic mass is 79.9. The molecule has 0 aliphatic rings. The van der Waals surface area contributed by atoms with Crippen LogP contribution in [-0.4, -0.2) is 39.3 Å². The number of carbonyl (C=O) groups is 2. The number of halogens is 2. The molecule has 1 aromatic carbocycles. The number of benzene rings is 1. The van der Waals surface area contributed by atoms with Gasteiger partial charge in [0.15, 0.2) is 0 Å². The van der Waals surface area contributed by atoms with Crippen molar-refractivity contribution in [2.75, 3.05) is 13.7 Å². The minimum Gasteiger partial charge on any atom is -0.495 e. The SMILES string of the molecule is COc1c(Br)cc(C(=O)OCC[Si](C)(C)C)cc1C(Br)C(=O)OC(C)(C)C. The molecule has 5 nitrogen and oxygen atoms in total. The molecule has 0 aliphatic heterocycles. The van der Waals surface area contributed by atoms with E-state index < -0.39 is 30.4 Å². The Kier molecular flexibility index (Phi) is 8.56. The second-order valence-corrected chi connectivity index (χ2v) is 15.8. The number of ether oxygens (including phenoxy) is 3. The van der Waals surface area contributed by atoms with Gasteiger partial charge in [-0.25, -0.2) is 4.79 Å². The zero-order chi connectivity index (χ0) is 21.0. The van der Waals surface area contributed by atoms with Crippen LogP contribution in [-0.2, 0) is 14.3 Å². The predicted octanol–water partition coefficient (Wildman–Crippen LogP) is 5.73. The maximum absolute atomic E-state index is 12.5. The number of rotatable bonds is 7. The van der Waals surface area contributed by atoms with Crippen LogP contribution in [0.25, 0.3) is 0 Å². The van der Waals surface area contributed by atoms with Crippen molar-refractivity contribution in [3.05, 3.63) is 27.7 Å². The maximum atomic E-state index is 12.5. The number of hydrogen-bond donors (Lipinski definition) is 0. The molecule has 0 heterocycles. The Morgan fingerprint density at radius 3 is 2.26 bits per heavy atom. The van der Waals surface area contributed by atoms with Gasteiger partial charge in [-0.05, 0) is 54.9 Å². The molecule has 1 unspecified atom stereocenters. The standard InChI is InChI=1S/C19H28Br2O5Si/c1-19(2,3)26-18(23)15(21)13-10-12(11-14(20)16(13)24-4)17(22)25-8-9-27(5,6)7/h10-11,15H,8-9H2,1-7H3. The van der Waals surface area contributed by atoms with E-state index >= 15 is 0 Å². The Morgan fingerprint density at radius 1 is 1.19 bits per heavy atom. The molecule has 27 heavy (non-hydrogen) atoms. The van der Waals surface area contributed by atoms with Crippen LogP contribution in [0.3, 0.4) is 0 Å². The van der Waals surface area contributed by atoms with Gasteiger partial charge in [0.2, 0.25) is 0 Å². The summed E-state index contributed by atoms with van der Waals surface area (Å²) < 4.78 is 16.8. The van der Waals surface area contributed by atoms with Gasteiger partial charge < -0.3 is 14.2 Å². The van der Waals surface area contributed by atoms with Crippen molar-refractivity contribution in [2.45, 2.75) is 56.9 Å². The average molecular weight is 524 g/mol. The normalized spacial score (nSPS) is 13.1. The Hall–Kier alpha value is -0.863. The van der Waals surface area contributed by atoms with Crippen molar-refractivity contribution < 1.29 is 23.8 Å². The minimum atomic E-state index is -1.29. The van der Waals surface area contributed by atoms with E-state index in [1.165, 1.54) is 7.11 Å². The smallest absolute Gasteiger partial charge is 0.338 e. The molecule has 1 aromatic rings. The van der Waals surface area contributed by atoms with Crippen molar-refractivity contribution in [3.63, 3.8) is 0 Å². The number of methoxy groups -OCH3 is 1. The lowest BCUT2D eigenvalue weighted by Gasteiger charge is -2.23. The van der Waals surface area contributed by atoms with E-state index in [9.17, 15) is 9.59 Å². The van der Waals surface area contributed by atoms with Crippen LogP contribution in [0.15, 0.2) is 16.6 Å². The summed E-state index contributed by atoms with van der Waals surface area (Å²) in [4.78, 5) is 24.1. The molecule has 152 valence electrons. The molecule has 0 saturated carbocycles. The molecule has 1 atom stereocenters. The summed E-state index contributed by atoms with van der Waals surface area (Å²) in [6.45, 7) is 12.4. The largest absolute Gasteiger partial charge is 0.495 e. The van der Waals surface area contributed by atoms with E-state index in [2.05, 4.69) is 51.5 Å². The fraction of sp³-hybridized carbons (Fsp3) is 0.579. The van der Waals surface area contributed by atoms with Crippen molar-refractivity contribution in [2.24, 2.45) is 0 Å².